The summed E-state index contributed by atoms with van der Waals surface area (Å²) in [5.74, 6) is 1.72. The molecule has 0 spiro atoms. The summed E-state index contributed by atoms with van der Waals surface area (Å²) in [6, 6.07) is 0. The normalized spacial score (nSPS) is 44.8. The molecule has 1 aliphatic heterocycles. The van der Waals surface area contributed by atoms with E-state index < -0.39 is 10.8 Å². The van der Waals surface area contributed by atoms with Crippen LogP contribution in [0.3, 0.4) is 0 Å². The van der Waals surface area contributed by atoms with Crippen molar-refractivity contribution in [2.45, 2.75) is 4.83 Å². The average Bonchev–Trinajstić information content (AvgIpc) is 1.33. The van der Waals surface area contributed by atoms with E-state index in [1.54, 1.807) is 0 Å². The largest absolute Gasteiger partial charge is 0.260 e. The van der Waals surface area contributed by atoms with Gasteiger partial charge in [-0.05, 0) is 0 Å². The predicted molar refractivity (Wildman–Crippen MR) is 30.6 cm³/mol. The SMILES string of the molecule is O=S1CC(Br)C1. The first-order valence-corrected chi connectivity index (χ1v) is 4.18. The van der Waals surface area contributed by atoms with Crippen molar-refractivity contribution in [2.75, 3.05) is 11.5 Å². The molecule has 0 aromatic carbocycles. The zero-order valence-corrected chi connectivity index (χ0v) is 5.59. The van der Waals surface area contributed by atoms with Gasteiger partial charge < -0.3 is 0 Å². The van der Waals surface area contributed by atoms with Crippen molar-refractivity contribution in [3.8, 4) is 0 Å². The van der Waals surface area contributed by atoms with Crippen LogP contribution in [0.25, 0.3) is 0 Å². The first-order chi connectivity index (χ1) is 2.79. The number of hydrogen-bond acceptors (Lipinski definition) is 1. The molecule has 0 aliphatic carbocycles. The molecule has 0 radical (unpaired) electrons. The summed E-state index contributed by atoms with van der Waals surface area (Å²) in [5, 5.41) is 0. The standard InChI is InChI=1S/C3H5BrOS/c4-3-1-6(5)2-3/h3H,1-2H2. The Labute approximate surface area is 47.7 Å². The fourth-order valence-corrected chi connectivity index (χ4v) is 2.83. The van der Waals surface area contributed by atoms with Crippen molar-refractivity contribution in [2.24, 2.45) is 0 Å². The predicted octanol–water partition coefficient (Wildman–Crippen LogP) is 0.512. The minimum absolute atomic E-state index is 0.469. The van der Waals surface area contributed by atoms with Crippen LogP contribution in [-0.2, 0) is 10.8 Å². The van der Waals surface area contributed by atoms with E-state index in [0.29, 0.717) is 4.83 Å². The highest BCUT2D eigenvalue weighted by Gasteiger charge is 2.21. The Bertz CT molecular complexity index is 74.9. The van der Waals surface area contributed by atoms with Crippen LogP contribution in [0.15, 0.2) is 0 Å². The molecule has 1 rings (SSSR count). The minimum Gasteiger partial charge on any atom is -0.260 e. The zero-order valence-electron chi connectivity index (χ0n) is 3.19. The molecule has 3 heteroatoms. The Morgan fingerprint density at radius 3 is 2.17 bits per heavy atom. The minimum atomic E-state index is -0.469. The van der Waals surface area contributed by atoms with Crippen molar-refractivity contribution in [1.82, 2.24) is 0 Å². The summed E-state index contributed by atoms with van der Waals surface area (Å²) in [6.07, 6.45) is 0. The van der Waals surface area contributed by atoms with E-state index in [-0.39, 0.29) is 0 Å². The molecular weight excluding hydrogens is 164 g/mol. The highest BCUT2D eigenvalue weighted by Crippen LogP contribution is 2.13. The molecule has 0 unspecified atom stereocenters. The smallest absolute Gasteiger partial charge is 0.0376 e. The molecule has 1 heterocycles. The molecule has 0 aromatic heterocycles. The third kappa shape index (κ3) is 0.819. The van der Waals surface area contributed by atoms with Gasteiger partial charge in [-0.1, -0.05) is 15.9 Å². The molecule has 36 valence electrons. The van der Waals surface area contributed by atoms with Crippen LogP contribution < -0.4 is 0 Å². The summed E-state index contributed by atoms with van der Waals surface area (Å²) in [6.45, 7) is 0. The van der Waals surface area contributed by atoms with E-state index in [1.807, 2.05) is 0 Å². The summed E-state index contributed by atoms with van der Waals surface area (Å²) in [4.78, 5) is 0.554. The molecule has 0 atom stereocenters. The van der Waals surface area contributed by atoms with E-state index in [1.165, 1.54) is 0 Å². The fraction of sp³-hybridized carbons (Fsp3) is 1.00. The van der Waals surface area contributed by atoms with E-state index in [2.05, 4.69) is 15.9 Å². The van der Waals surface area contributed by atoms with Gasteiger partial charge in [-0.3, -0.25) is 4.21 Å². The lowest BCUT2D eigenvalue weighted by molar-refractivity contribution is 0.673. The Kier molecular flexibility index (Phi) is 1.29. The summed E-state index contributed by atoms with van der Waals surface area (Å²) < 4.78 is 10.2. The maximum atomic E-state index is 10.2. The quantitative estimate of drug-likeness (QED) is 0.483. The van der Waals surface area contributed by atoms with Gasteiger partial charge in [0.05, 0.1) is 0 Å². The number of hydrogen-bond donors (Lipinski definition) is 0. The number of alkyl halides is 1. The van der Waals surface area contributed by atoms with Gasteiger partial charge >= 0.3 is 0 Å². The lowest BCUT2D eigenvalue weighted by Gasteiger charge is -2.16. The van der Waals surface area contributed by atoms with Gasteiger partial charge in [0, 0.05) is 27.1 Å². The van der Waals surface area contributed by atoms with Crippen LogP contribution in [0.1, 0.15) is 0 Å². The van der Waals surface area contributed by atoms with E-state index in [9.17, 15) is 4.21 Å². The Morgan fingerprint density at radius 2 is 2.17 bits per heavy atom. The first-order valence-electron chi connectivity index (χ1n) is 1.78. The van der Waals surface area contributed by atoms with E-state index in [4.69, 9.17) is 0 Å². The zero-order chi connectivity index (χ0) is 4.57. The molecule has 0 amide bonds. The fourth-order valence-electron chi connectivity index (χ4n) is 0.355. The van der Waals surface area contributed by atoms with Crippen LogP contribution in [-0.4, -0.2) is 20.5 Å². The Hall–Kier alpha value is 0.630. The lowest BCUT2D eigenvalue weighted by Crippen LogP contribution is -2.30. The second kappa shape index (κ2) is 1.62. The van der Waals surface area contributed by atoms with Crippen LogP contribution in [0, 0.1) is 0 Å². The van der Waals surface area contributed by atoms with Gasteiger partial charge in [0.1, 0.15) is 0 Å². The molecule has 1 nitrogen and oxygen atoms in total. The second-order valence-corrected chi connectivity index (χ2v) is 4.21. The molecule has 1 saturated heterocycles. The van der Waals surface area contributed by atoms with E-state index in [0.717, 1.165) is 11.5 Å². The van der Waals surface area contributed by atoms with Crippen molar-refractivity contribution in [3.63, 3.8) is 0 Å². The second-order valence-electron chi connectivity index (χ2n) is 1.37. The van der Waals surface area contributed by atoms with E-state index >= 15 is 0 Å². The highest BCUT2D eigenvalue weighted by atomic mass is 79.9. The third-order valence-electron chi connectivity index (χ3n) is 0.733. The Morgan fingerprint density at radius 1 is 1.67 bits per heavy atom. The van der Waals surface area contributed by atoms with Crippen molar-refractivity contribution >= 4 is 26.7 Å². The summed E-state index contributed by atoms with van der Waals surface area (Å²) >= 11 is 3.31. The van der Waals surface area contributed by atoms with Crippen LogP contribution in [0.4, 0.5) is 0 Å². The third-order valence-corrected chi connectivity index (χ3v) is 3.79. The molecule has 0 bridgehead atoms. The maximum Gasteiger partial charge on any atom is 0.0376 e. The van der Waals surface area contributed by atoms with Gasteiger partial charge in [-0.25, -0.2) is 0 Å². The van der Waals surface area contributed by atoms with Gasteiger partial charge in [0.25, 0.3) is 0 Å². The summed E-state index contributed by atoms with van der Waals surface area (Å²) in [7, 11) is -0.469. The molecule has 1 aliphatic rings. The van der Waals surface area contributed by atoms with Gasteiger partial charge in [-0.2, -0.15) is 0 Å². The monoisotopic (exact) mass is 168 g/mol. The number of halogens is 1. The van der Waals surface area contributed by atoms with Crippen LogP contribution in [0.2, 0.25) is 0 Å². The van der Waals surface area contributed by atoms with Crippen molar-refractivity contribution < 1.29 is 4.21 Å². The van der Waals surface area contributed by atoms with Crippen LogP contribution >= 0.6 is 15.9 Å². The molecule has 0 aromatic rings. The number of rotatable bonds is 0. The van der Waals surface area contributed by atoms with Gasteiger partial charge in [0.15, 0.2) is 0 Å². The maximum absolute atomic E-state index is 10.2. The van der Waals surface area contributed by atoms with Crippen molar-refractivity contribution in [3.05, 3.63) is 0 Å². The topological polar surface area (TPSA) is 17.1 Å². The Balaban J connectivity index is 2.28. The first kappa shape index (κ1) is 4.78. The molecule has 6 heavy (non-hydrogen) atoms. The molecule has 0 saturated carbocycles. The summed E-state index contributed by atoms with van der Waals surface area (Å²) in [5.41, 5.74) is 0. The van der Waals surface area contributed by atoms with Gasteiger partial charge in [-0.15, -0.1) is 0 Å². The van der Waals surface area contributed by atoms with Crippen LogP contribution in [0.5, 0.6) is 0 Å². The highest BCUT2D eigenvalue weighted by molar-refractivity contribution is 9.09. The van der Waals surface area contributed by atoms with Crippen molar-refractivity contribution in [1.29, 1.82) is 0 Å². The molecule has 0 N–H and O–H groups in total. The lowest BCUT2D eigenvalue weighted by atomic mass is 10.5. The molecular formula is C3H5BrOS. The molecule has 1 fully saturated rings. The van der Waals surface area contributed by atoms with Gasteiger partial charge in [0.2, 0.25) is 0 Å². The average molecular weight is 169 g/mol.